The fourth-order valence-corrected chi connectivity index (χ4v) is 2.89. The van der Waals surface area contributed by atoms with Crippen LogP contribution in [0.2, 0.25) is 0 Å². The zero-order chi connectivity index (χ0) is 11.6. The van der Waals surface area contributed by atoms with Crippen LogP contribution in [-0.2, 0) is 14.8 Å². The molecule has 0 amide bonds. The SMILES string of the molecule is C[C@@H]1CN[C@H](CC(=O)O)CN1S(C)(=O)=O. The standard InChI is InChI=1S/C8H16N2O4S/c1-6-4-9-7(3-8(11)12)5-10(6)15(2,13)14/h6-7,9H,3-5H2,1-2H3,(H,11,12)/t6-,7-/m1/s1. The Kier molecular flexibility index (Phi) is 3.69. The first-order valence-corrected chi connectivity index (χ1v) is 6.57. The van der Waals surface area contributed by atoms with Crippen molar-refractivity contribution in [2.75, 3.05) is 19.3 Å². The van der Waals surface area contributed by atoms with Crippen molar-refractivity contribution in [3.05, 3.63) is 0 Å². The molecule has 0 unspecified atom stereocenters. The van der Waals surface area contributed by atoms with E-state index >= 15 is 0 Å². The Bertz CT molecular complexity index is 341. The molecule has 2 atom stereocenters. The van der Waals surface area contributed by atoms with Crippen LogP contribution in [0.1, 0.15) is 13.3 Å². The molecule has 0 radical (unpaired) electrons. The van der Waals surface area contributed by atoms with E-state index in [1.807, 2.05) is 0 Å². The van der Waals surface area contributed by atoms with Crippen molar-refractivity contribution in [2.24, 2.45) is 0 Å². The summed E-state index contributed by atoms with van der Waals surface area (Å²) < 4.78 is 24.1. The molecule has 0 saturated carbocycles. The highest BCUT2D eigenvalue weighted by Gasteiger charge is 2.31. The van der Waals surface area contributed by atoms with E-state index in [2.05, 4.69) is 5.32 Å². The fraction of sp³-hybridized carbons (Fsp3) is 0.875. The number of carbonyl (C=O) groups is 1. The topological polar surface area (TPSA) is 86.7 Å². The summed E-state index contributed by atoms with van der Waals surface area (Å²) >= 11 is 0. The van der Waals surface area contributed by atoms with E-state index in [0.29, 0.717) is 6.54 Å². The summed E-state index contributed by atoms with van der Waals surface area (Å²) in [4.78, 5) is 10.5. The number of carboxylic acids is 1. The van der Waals surface area contributed by atoms with Gasteiger partial charge in [0.2, 0.25) is 10.0 Å². The number of hydrogen-bond donors (Lipinski definition) is 2. The number of hydrogen-bond acceptors (Lipinski definition) is 4. The minimum Gasteiger partial charge on any atom is -0.481 e. The van der Waals surface area contributed by atoms with Crippen LogP contribution in [0.3, 0.4) is 0 Å². The second-order valence-electron chi connectivity index (χ2n) is 3.88. The van der Waals surface area contributed by atoms with Gasteiger partial charge in [0, 0.05) is 25.2 Å². The maximum Gasteiger partial charge on any atom is 0.304 e. The Morgan fingerprint density at radius 3 is 2.67 bits per heavy atom. The van der Waals surface area contributed by atoms with Crippen LogP contribution >= 0.6 is 0 Å². The van der Waals surface area contributed by atoms with E-state index in [1.165, 1.54) is 4.31 Å². The fourth-order valence-electron chi connectivity index (χ4n) is 1.71. The van der Waals surface area contributed by atoms with Crippen molar-refractivity contribution in [1.82, 2.24) is 9.62 Å². The van der Waals surface area contributed by atoms with Gasteiger partial charge in [0.1, 0.15) is 0 Å². The van der Waals surface area contributed by atoms with Crippen LogP contribution in [0.15, 0.2) is 0 Å². The highest BCUT2D eigenvalue weighted by Crippen LogP contribution is 2.12. The second-order valence-corrected chi connectivity index (χ2v) is 5.82. The lowest BCUT2D eigenvalue weighted by Gasteiger charge is -2.36. The third-order valence-corrected chi connectivity index (χ3v) is 3.80. The number of nitrogens with zero attached hydrogens (tertiary/aromatic N) is 1. The van der Waals surface area contributed by atoms with Crippen LogP contribution in [0.4, 0.5) is 0 Å². The number of rotatable bonds is 3. The van der Waals surface area contributed by atoms with Gasteiger partial charge < -0.3 is 10.4 Å². The first kappa shape index (κ1) is 12.4. The van der Waals surface area contributed by atoms with Crippen molar-refractivity contribution in [2.45, 2.75) is 25.4 Å². The highest BCUT2D eigenvalue weighted by atomic mass is 32.2. The molecule has 88 valence electrons. The molecule has 1 heterocycles. The van der Waals surface area contributed by atoms with Crippen LogP contribution in [0.25, 0.3) is 0 Å². The van der Waals surface area contributed by atoms with Crippen molar-refractivity contribution in [1.29, 1.82) is 0 Å². The third-order valence-electron chi connectivity index (χ3n) is 2.44. The van der Waals surface area contributed by atoms with Crippen molar-refractivity contribution in [3.8, 4) is 0 Å². The summed E-state index contributed by atoms with van der Waals surface area (Å²) in [5.74, 6) is -0.921. The molecule has 0 aromatic rings. The van der Waals surface area contributed by atoms with Gasteiger partial charge in [0.15, 0.2) is 0 Å². The molecule has 6 nitrogen and oxygen atoms in total. The largest absolute Gasteiger partial charge is 0.481 e. The van der Waals surface area contributed by atoms with Gasteiger partial charge in [0.05, 0.1) is 12.7 Å². The highest BCUT2D eigenvalue weighted by molar-refractivity contribution is 7.88. The lowest BCUT2D eigenvalue weighted by atomic mass is 10.1. The monoisotopic (exact) mass is 236 g/mol. The molecule has 1 aliphatic rings. The summed E-state index contributed by atoms with van der Waals surface area (Å²) in [6, 6.07) is -0.418. The first-order valence-electron chi connectivity index (χ1n) is 4.72. The molecule has 7 heteroatoms. The zero-order valence-corrected chi connectivity index (χ0v) is 9.62. The molecule has 0 bridgehead atoms. The van der Waals surface area contributed by atoms with Gasteiger partial charge in [-0.15, -0.1) is 0 Å². The molecular formula is C8H16N2O4S. The Balaban J connectivity index is 2.68. The van der Waals surface area contributed by atoms with Gasteiger partial charge in [-0.3, -0.25) is 4.79 Å². The van der Waals surface area contributed by atoms with Crippen LogP contribution in [-0.4, -0.2) is 55.2 Å². The normalized spacial score (nSPS) is 28.9. The summed E-state index contributed by atoms with van der Waals surface area (Å²) in [7, 11) is -3.24. The third kappa shape index (κ3) is 3.44. The summed E-state index contributed by atoms with van der Waals surface area (Å²) in [6.45, 7) is 2.52. The molecule has 15 heavy (non-hydrogen) atoms. The molecule has 1 saturated heterocycles. The summed E-state index contributed by atoms with van der Waals surface area (Å²) in [6.07, 6.45) is 1.09. The van der Waals surface area contributed by atoms with Crippen LogP contribution in [0, 0.1) is 0 Å². The zero-order valence-electron chi connectivity index (χ0n) is 8.80. The van der Waals surface area contributed by atoms with E-state index in [1.54, 1.807) is 6.92 Å². The van der Waals surface area contributed by atoms with E-state index in [4.69, 9.17) is 5.11 Å². The predicted molar refractivity (Wildman–Crippen MR) is 55.1 cm³/mol. The minimum atomic E-state index is -3.24. The molecule has 0 spiro atoms. The molecule has 0 aromatic carbocycles. The molecule has 1 aliphatic heterocycles. The quantitative estimate of drug-likeness (QED) is 0.662. The predicted octanol–water partition coefficient (Wildman–Crippen LogP) is -0.917. The maximum atomic E-state index is 11.4. The molecular weight excluding hydrogens is 220 g/mol. The molecule has 1 fully saturated rings. The summed E-state index contributed by atoms with van der Waals surface area (Å²) in [5, 5.41) is 11.6. The number of aliphatic carboxylic acids is 1. The Morgan fingerprint density at radius 2 is 2.20 bits per heavy atom. The van der Waals surface area contributed by atoms with Crippen LogP contribution < -0.4 is 5.32 Å². The average Bonchev–Trinajstić information content (AvgIpc) is 2.05. The minimum absolute atomic E-state index is 0.0568. The number of carboxylic acid groups (broad SMARTS) is 1. The van der Waals surface area contributed by atoms with E-state index in [0.717, 1.165) is 6.26 Å². The number of sulfonamides is 1. The Labute approximate surface area is 89.3 Å². The van der Waals surface area contributed by atoms with Gasteiger partial charge in [0.25, 0.3) is 0 Å². The number of piperazine rings is 1. The van der Waals surface area contributed by atoms with Crippen molar-refractivity contribution < 1.29 is 18.3 Å². The first-order chi connectivity index (χ1) is 6.80. The maximum absolute atomic E-state index is 11.4. The van der Waals surface area contributed by atoms with Gasteiger partial charge in [-0.1, -0.05) is 0 Å². The van der Waals surface area contributed by atoms with E-state index in [9.17, 15) is 13.2 Å². The van der Waals surface area contributed by atoms with Gasteiger partial charge in [-0.05, 0) is 6.92 Å². The van der Waals surface area contributed by atoms with Crippen LogP contribution in [0.5, 0.6) is 0 Å². The molecule has 0 aromatic heterocycles. The van der Waals surface area contributed by atoms with Crippen molar-refractivity contribution in [3.63, 3.8) is 0 Å². The number of nitrogens with one attached hydrogen (secondary N) is 1. The van der Waals surface area contributed by atoms with Gasteiger partial charge in [-0.25, -0.2) is 8.42 Å². The average molecular weight is 236 g/mol. The smallest absolute Gasteiger partial charge is 0.304 e. The Hall–Kier alpha value is -0.660. The van der Waals surface area contributed by atoms with E-state index < -0.39 is 16.0 Å². The lowest BCUT2D eigenvalue weighted by molar-refractivity contribution is -0.137. The Morgan fingerprint density at radius 1 is 1.60 bits per heavy atom. The molecule has 1 rings (SSSR count). The second kappa shape index (κ2) is 4.46. The summed E-state index contributed by atoms with van der Waals surface area (Å²) in [5.41, 5.74) is 0. The lowest BCUT2D eigenvalue weighted by Crippen LogP contribution is -2.57. The molecule has 0 aliphatic carbocycles. The van der Waals surface area contributed by atoms with Crippen molar-refractivity contribution >= 4 is 16.0 Å². The van der Waals surface area contributed by atoms with Gasteiger partial charge in [-0.2, -0.15) is 4.31 Å². The van der Waals surface area contributed by atoms with E-state index in [-0.39, 0.29) is 25.0 Å². The molecule has 2 N–H and O–H groups in total. The van der Waals surface area contributed by atoms with Gasteiger partial charge >= 0.3 is 5.97 Å².